The summed E-state index contributed by atoms with van der Waals surface area (Å²) < 4.78 is 27.1. The van der Waals surface area contributed by atoms with E-state index >= 15 is 0 Å². The highest BCUT2D eigenvalue weighted by Crippen LogP contribution is 2.28. The number of hydrogen-bond acceptors (Lipinski definition) is 5. The van der Waals surface area contributed by atoms with Gasteiger partial charge in [-0.3, -0.25) is 14.9 Å². The van der Waals surface area contributed by atoms with E-state index < -0.39 is 11.6 Å². The highest BCUT2D eigenvalue weighted by atomic mass is 19.2. The van der Waals surface area contributed by atoms with E-state index in [-0.39, 0.29) is 5.54 Å². The van der Waals surface area contributed by atoms with Gasteiger partial charge in [0.15, 0.2) is 11.6 Å². The highest BCUT2D eigenvalue weighted by molar-refractivity contribution is 6.32. The summed E-state index contributed by atoms with van der Waals surface area (Å²) >= 11 is 0. The van der Waals surface area contributed by atoms with Gasteiger partial charge in [-0.1, -0.05) is 6.08 Å². The molecule has 0 atom stereocenters. The van der Waals surface area contributed by atoms with Gasteiger partial charge in [-0.2, -0.15) is 0 Å². The molecule has 3 aromatic rings. The van der Waals surface area contributed by atoms with Gasteiger partial charge < -0.3 is 5.32 Å². The number of rotatable bonds is 6. The van der Waals surface area contributed by atoms with Crippen molar-refractivity contribution in [3.8, 4) is 0 Å². The molecule has 2 aliphatic rings. The number of aromatic nitrogens is 2. The van der Waals surface area contributed by atoms with Gasteiger partial charge in [-0.25, -0.2) is 13.8 Å². The molecule has 0 amide bonds. The summed E-state index contributed by atoms with van der Waals surface area (Å²) in [4.78, 5) is 16.4. The summed E-state index contributed by atoms with van der Waals surface area (Å²) in [6, 6.07) is 9.68. The smallest absolute Gasteiger partial charge is 0.159 e. The standard InChI is InChI=1S/C26H27F2N5/c1-26(2)9-3-12-33(26)13-11-29-18-15-24-23(31-16-18)7-6-22(32-24)19-8-10-30-25(19)17-4-5-20(27)21(28)14-17/h4-8,14-16,29H,3,9-13H2,1-2H3. The highest BCUT2D eigenvalue weighted by Gasteiger charge is 2.31. The first-order chi connectivity index (χ1) is 15.9. The van der Waals surface area contributed by atoms with Crippen molar-refractivity contribution in [2.24, 2.45) is 4.99 Å². The molecule has 1 N–H and O–H groups in total. The molecular weight excluding hydrogens is 420 g/mol. The predicted octanol–water partition coefficient (Wildman–Crippen LogP) is 5.08. The first kappa shape index (κ1) is 21.6. The Kier molecular flexibility index (Phi) is 5.66. The van der Waals surface area contributed by atoms with Crippen molar-refractivity contribution in [2.45, 2.75) is 32.2 Å². The second-order valence-electron chi connectivity index (χ2n) is 9.22. The van der Waals surface area contributed by atoms with Crippen molar-refractivity contribution in [3.05, 3.63) is 71.6 Å². The van der Waals surface area contributed by atoms with Crippen LogP contribution in [0.3, 0.4) is 0 Å². The monoisotopic (exact) mass is 447 g/mol. The number of nitrogens with zero attached hydrogens (tertiary/aromatic N) is 4. The van der Waals surface area contributed by atoms with E-state index in [2.05, 4.69) is 34.0 Å². The van der Waals surface area contributed by atoms with Gasteiger partial charge in [0, 0.05) is 29.8 Å². The van der Waals surface area contributed by atoms with Gasteiger partial charge in [0.05, 0.1) is 40.9 Å². The van der Waals surface area contributed by atoms with Crippen LogP contribution in [0, 0.1) is 11.6 Å². The van der Waals surface area contributed by atoms with Crippen LogP contribution in [0.1, 0.15) is 37.9 Å². The molecule has 0 unspecified atom stereocenters. The van der Waals surface area contributed by atoms with Gasteiger partial charge in [-0.05, 0) is 69.6 Å². The number of likely N-dealkylation sites (tertiary alicyclic amines) is 1. The fourth-order valence-electron chi connectivity index (χ4n) is 4.69. The van der Waals surface area contributed by atoms with Crippen molar-refractivity contribution in [1.29, 1.82) is 0 Å². The Labute approximate surface area is 192 Å². The molecule has 1 aromatic carbocycles. The Hall–Kier alpha value is -3.19. The van der Waals surface area contributed by atoms with E-state index in [1.807, 2.05) is 30.5 Å². The minimum Gasteiger partial charge on any atom is -0.382 e. The molecule has 7 heteroatoms. The maximum Gasteiger partial charge on any atom is 0.159 e. The molecule has 4 heterocycles. The predicted molar refractivity (Wildman–Crippen MR) is 129 cm³/mol. The van der Waals surface area contributed by atoms with Crippen molar-refractivity contribution >= 4 is 28.0 Å². The van der Waals surface area contributed by atoms with Crippen LogP contribution < -0.4 is 5.32 Å². The maximum atomic E-state index is 13.8. The van der Waals surface area contributed by atoms with Gasteiger partial charge in [-0.15, -0.1) is 0 Å². The molecular formula is C26H27F2N5. The molecule has 170 valence electrons. The van der Waals surface area contributed by atoms with Crippen LogP contribution >= 0.6 is 0 Å². The average molecular weight is 448 g/mol. The molecule has 1 fully saturated rings. The number of halogens is 2. The number of fused-ring (bicyclic) bond motifs is 1. The fourth-order valence-corrected chi connectivity index (χ4v) is 4.69. The second-order valence-corrected chi connectivity index (χ2v) is 9.22. The number of aliphatic imine (C=N–C) groups is 1. The minimum atomic E-state index is -0.884. The van der Waals surface area contributed by atoms with E-state index in [0.717, 1.165) is 53.7 Å². The van der Waals surface area contributed by atoms with Crippen molar-refractivity contribution in [3.63, 3.8) is 0 Å². The number of pyridine rings is 2. The van der Waals surface area contributed by atoms with E-state index in [1.165, 1.54) is 18.9 Å². The van der Waals surface area contributed by atoms with Crippen LogP contribution in [0.25, 0.3) is 16.6 Å². The average Bonchev–Trinajstić information content (AvgIpc) is 3.41. The lowest BCUT2D eigenvalue weighted by molar-refractivity contribution is 0.182. The van der Waals surface area contributed by atoms with E-state index in [9.17, 15) is 8.78 Å². The van der Waals surface area contributed by atoms with Crippen LogP contribution in [-0.4, -0.2) is 52.3 Å². The lowest BCUT2D eigenvalue weighted by atomic mass is 10.00. The summed E-state index contributed by atoms with van der Waals surface area (Å²) in [5, 5.41) is 3.48. The first-order valence-corrected chi connectivity index (χ1v) is 11.4. The lowest BCUT2D eigenvalue weighted by Gasteiger charge is -2.31. The summed E-state index contributed by atoms with van der Waals surface area (Å²) in [7, 11) is 0. The molecule has 5 nitrogen and oxygen atoms in total. The van der Waals surface area contributed by atoms with Gasteiger partial charge in [0.25, 0.3) is 0 Å². The molecule has 1 saturated heterocycles. The fraction of sp³-hybridized carbons (Fsp3) is 0.346. The third kappa shape index (κ3) is 4.37. The number of anilines is 1. The topological polar surface area (TPSA) is 53.4 Å². The normalized spacial score (nSPS) is 17.9. The number of allylic oxidation sites excluding steroid dienone is 1. The zero-order chi connectivity index (χ0) is 23.0. The zero-order valence-corrected chi connectivity index (χ0v) is 18.9. The number of nitrogens with one attached hydrogen (secondary N) is 1. The largest absolute Gasteiger partial charge is 0.382 e. The van der Waals surface area contributed by atoms with Gasteiger partial charge in [0.2, 0.25) is 0 Å². The quantitative estimate of drug-likeness (QED) is 0.573. The van der Waals surface area contributed by atoms with Crippen molar-refractivity contribution in [2.75, 3.05) is 31.5 Å². The van der Waals surface area contributed by atoms with Crippen LogP contribution in [0.2, 0.25) is 0 Å². The van der Waals surface area contributed by atoms with E-state index in [0.29, 0.717) is 17.8 Å². The summed E-state index contributed by atoms with van der Waals surface area (Å²) in [5.41, 5.74) is 5.49. The van der Waals surface area contributed by atoms with Crippen molar-refractivity contribution < 1.29 is 8.78 Å². The zero-order valence-electron chi connectivity index (χ0n) is 18.9. The molecule has 0 saturated carbocycles. The third-order valence-corrected chi connectivity index (χ3v) is 6.59. The molecule has 0 radical (unpaired) electrons. The van der Waals surface area contributed by atoms with E-state index in [4.69, 9.17) is 4.98 Å². The molecule has 2 aromatic heterocycles. The molecule has 0 aliphatic carbocycles. The SMILES string of the molecule is CC1(C)CCCN1CCNc1cnc2ccc(C3=CCN=C3c3ccc(F)c(F)c3)nc2c1. The molecule has 0 spiro atoms. The van der Waals surface area contributed by atoms with Crippen LogP contribution in [0.15, 0.2) is 53.7 Å². The Bertz CT molecular complexity index is 1260. The Balaban J connectivity index is 1.34. The molecule has 2 aliphatic heterocycles. The Morgan fingerprint density at radius 3 is 2.73 bits per heavy atom. The van der Waals surface area contributed by atoms with Crippen molar-refractivity contribution in [1.82, 2.24) is 14.9 Å². The lowest BCUT2D eigenvalue weighted by Crippen LogP contribution is -2.40. The van der Waals surface area contributed by atoms with E-state index in [1.54, 1.807) is 6.07 Å². The van der Waals surface area contributed by atoms with Crippen LogP contribution in [0.5, 0.6) is 0 Å². The number of benzene rings is 1. The molecule has 5 rings (SSSR count). The van der Waals surface area contributed by atoms with Crippen LogP contribution in [-0.2, 0) is 0 Å². The first-order valence-electron chi connectivity index (χ1n) is 11.4. The summed E-state index contributed by atoms with van der Waals surface area (Å²) in [6.07, 6.45) is 6.28. The Morgan fingerprint density at radius 1 is 1.06 bits per heavy atom. The maximum absolute atomic E-state index is 13.8. The minimum absolute atomic E-state index is 0.265. The third-order valence-electron chi connectivity index (χ3n) is 6.59. The molecule has 0 bridgehead atoms. The molecule has 33 heavy (non-hydrogen) atoms. The van der Waals surface area contributed by atoms with Gasteiger partial charge >= 0.3 is 0 Å². The second kappa shape index (κ2) is 8.63. The Morgan fingerprint density at radius 2 is 1.94 bits per heavy atom. The van der Waals surface area contributed by atoms with Crippen LogP contribution in [0.4, 0.5) is 14.5 Å². The van der Waals surface area contributed by atoms with Gasteiger partial charge in [0.1, 0.15) is 0 Å². The summed E-state index contributed by atoms with van der Waals surface area (Å²) in [6.45, 7) is 8.06. The number of hydrogen-bond donors (Lipinski definition) is 1. The summed E-state index contributed by atoms with van der Waals surface area (Å²) in [5.74, 6) is -1.75.